The van der Waals surface area contributed by atoms with Crippen LogP contribution in [0.2, 0.25) is 0 Å². The smallest absolute Gasteiger partial charge is 0.223 e. The maximum Gasteiger partial charge on any atom is 0.223 e. The van der Waals surface area contributed by atoms with Gasteiger partial charge in [0.05, 0.1) is 0 Å². The molecule has 2 fully saturated rings. The molecule has 0 aliphatic heterocycles. The first-order chi connectivity index (χ1) is 9.25. The van der Waals surface area contributed by atoms with E-state index >= 15 is 0 Å². The molecule has 3 rings (SSSR count). The third kappa shape index (κ3) is 2.80. The summed E-state index contributed by atoms with van der Waals surface area (Å²) < 4.78 is 0. The summed E-state index contributed by atoms with van der Waals surface area (Å²) in [5, 5.41) is 3.17. The molecule has 3 atom stereocenters. The summed E-state index contributed by atoms with van der Waals surface area (Å²) in [7, 11) is 0. The summed E-state index contributed by atoms with van der Waals surface area (Å²) in [6.45, 7) is 2.07. The Labute approximate surface area is 114 Å². The van der Waals surface area contributed by atoms with Crippen LogP contribution in [0.5, 0.6) is 0 Å². The predicted molar refractivity (Wildman–Crippen MR) is 74.5 cm³/mol. The summed E-state index contributed by atoms with van der Waals surface area (Å²) in [4.78, 5) is 16.5. The number of hydrogen-bond acceptors (Lipinski definition) is 2. The van der Waals surface area contributed by atoms with Crippen LogP contribution in [0.4, 0.5) is 0 Å². The van der Waals surface area contributed by atoms with Crippen LogP contribution in [-0.2, 0) is 11.2 Å². The van der Waals surface area contributed by atoms with Crippen LogP contribution in [-0.4, -0.2) is 16.9 Å². The summed E-state index contributed by atoms with van der Waals surface area (Å²) in [5.74, 6) is 1.97. The highest BCUT2D eigenvalue weighted by molar-refractivity contribution is 5.82. The van der Waals surface area contributed by atoms with E-state index in [1.165, 1.54) is 25.7 Å². The van der Waals surface area contributed by atoms with Gasteiger partial charge >= 0.3 is 0 Å². The van der Waals surface area contributed by atoms with Crippen LogP contribution in [0.1, 0.15) is 38.3 Å². The molecule has 0 bridgehead atoms. The van der Waals surface area contributed by atoms with Crippen molar-refractivity contribution in [2.45, 2.75) is 45.1 Å². The van der Waals surface area contributed by atoms with Crippen molar-refractivity contribution in [3.8, 4) is 0 Å². The van der Waals surface area contributed by atoms with Gasteiger partial charge in [0.2, 0.25) is 5.91 Å². The number of aromatic nitrogens is 1. The molecule has 0 radical (unpaired) electrons. The molecule has 3 unspecified atom stereocenters. The normalized spacial score (nSPS) is 30.3. The summed E-state index contributed by atoms with van der Waals surface area (Å²) in [6, 6.07) is 6.10. The first-order valence-electron chi connectivity index (χ1n) is 7.46. The quantitative estimate of drug-likeness (QED) is 0.902. The second kappa shape index (κ2) is 5.32. The predicted octanol–water partition coefficient (Wildman–Crippen LogP) is 2.57. The number of pyridine rings is 1. The highest BCUT2D eigenvalue weighted by atomic mass is 16.2. The maximum atomic E-state index is 12.2. The van der Waals surface area contributed by atoms with E-state index in [2.05, 4.69) is 17.2 Å². The average molecular weight is 258 g/mol. The topological polar surface area (TPSA) is 42.0 Å². The first-order valence-corrected chi connectivity index (χ1v) is 7.46. The van der Waals surface area contributed by atoms with Gasteiger partial charge in [0, 0.05) is 30.3 Å². The van der Waals surface area contributed by atoms with Crippen LogP contribution in [0.15, 0.2) is 24.4 Å². The van der Waals surface area contributed by atoms with Crippen molar-refractivity contribution in [2.24, 2.45) is 17.8 Å². The highest BCUT2D eigenvalue weighted by Gasteiger charge is 2.54. The van der Waals surface area contributed by atoms with Crippen molar-refractivity contribution in [2.75, 3.05) is 0 Å². The standard InChI is InChI=1S/C16H22N2O/c1-11(10-12-6-4-5-9-17-12)18-16(19)15-13-7-2-3-8-14(13)15/h4-6,9,11,13-15H,2-3,7-8,10H2,1H3,(H,18,19). The number of nitrogens with zero attached hydrogens (tertiary/aromatic N) is 1. The Balaban J connectivity index is 1.50. The number of carbonyl (C=O) groups is 1. The third-order valence-electron chi connectivity index (χ3n) is 4.59. The molecule has 1 amide bonds. The molecule has 19 heavy (non-hydrogen) atoms. The molecule has 0 aromatic carbocycles. The molecular weight excluding hydrogens is 236 g/mol. The second-order valence-corrected chi connectivity index (χ2v) is 6.07. The van der Waals surface area contributed by atoms with Crippen LogP contribution >= 0.6 is 0 Å². The molecule has 0 saturated heterocycles. The van der Waals surface area contributed by atoms with Crippen molar-refractivity contribution >= 4 is 5.91 Å². The number of fused-ring (bicyclic) bond motifs is 1. The van der Waals surface area contributed by atoms with Crippen LogP contribution < -0.4 is 5.32 Å². The van der Waals surface area contributed by atoms with Gasteiger partial charge in [0.1, 0.15) is 0 Å². The summed E-state index contributed by atoms with van der Waals surface area (Å²) in [6.07, 6.45) is 7.77. The van der Waals surface area contributed by atoms with Gasteiger partial charge in [-0.2, -0.15) is 0 Å². The Hall–Kier alpha value is -1.38. The zero-order chi connectivity index (χ0) is 13.2. The monoisotopic (exact) mass is 258 g/mol. The van der Waals surface area contributed by atoms with E-state index < -0.39 is 0 Å². The minimum atomic E-state index is 0.171. The van der Waals surface area contributed by atoms with E-state index in [1.807, 2.05) is 18.2 Å². The Bertz CT molecular complexity index is 433. The number of hydrogen-bond donors (Lipinski definition) is 1. The highest BCUT2D eigenvalue weighted by Crippen LogP contribution is 2.55. The van der Waals surface area contributed by atoms with Gasteiger partial charge in [-0.25, -0.2) is 0 Å². The van der Waals surface area contributed by atoms with Crippen molar-refractivity contribution in [3.63, 3.8) is 0 Å². The molecule has 2 aliphatic carbocycles. The fourth-order valence-corrected chi connectivity index (χ4v) is 3.60. The van der Waals surface area contributed by atoms with E-state index in [0.717, 1.165) is 12.1 Å². The van der Waals surface area contributed by atoms with Crippen molar-refractivity contribution < 1.29 is 4.79 Å². The van der Waals surface area contributed by atoms with Crippen molar-refractivity contribution in [3.05, 3.63) is 30.1 Å². The maximum absolute atomic E-state index is 12.2. The molecule has 3 heteroatoms. The second-order valence-electron chi connectivity index (χ2n) is 6.07. The number of nitrogens with one attached hydrogen (secondary N) is 1. The largest absolute Gasteiger partial charge is 0.353 e. The van der Waals surface area contributed by atoms with Gasteiger partial charge in [0.15, 0.2) is 0 Å². The number of rotatable bonds is 4. The third-order valence-corrected chi connectivity index (χ3v) is 4.59. The van der Waals surface area contributed by atoms with Crippen LogP contribution in [0.3, 0.4) is 0 Å². The first kappa shape index (κ1) is 12.6. The molecule has 0 spiro atoms. The van der Waals surface area contributed by atoms with Crippen LogP contribution in [0.25, 0.3) is 0 Å². The van der Waals surface area contributed by atoms with Gasteiger partial charge < -0.3 is 5.32 Å². The molecular formula is C16H22N2O. The van der Waals surface area contributed by atoms with E-state index in [9.17, 15) is 4.79 Å². The Kier molecular flexibility index (Phi) is 3.54. The fraction of sp³-hybridized carbons (Fsp3) is 0.625. The molecule has 1 heterocycles. The lowest BCUT2D eigenvalue weighted by atomic mass is 10.0. The minimum Gasteiger partial charge on any atom is -0.353 e. The van der Waals surface area contributed by atoms with Gasteiger partial charge in [-0.15, -0.1) is 0 Å². The van der Waals surface area contributed by atoms with Gasteiger partial charge in [0.25, 0.3) is 0 Å². The lowest BCUT2D eigenvalue weighted by Gasteiger charge is -2.13. The average Bonchev–Trinajstić information content (AvgIpc) is 3.14. The van der Waals surface area contributed by atoms with E-state index in [1.54, 1.807) is 6.20 Å². The lowest BCUT2D eigenvalue weighted by Crippen LogP contribution is -2.36. The molecule has 1 aromatic heterocycles. The van der Waals surface area contributed by atoms with Crippen LogP contribution in [0, 0.1) is 17.8 Å². The number of amides is 1. The summed E-state index contributed by atoms with van der Waals surface area (Å²) >= 11 is 0. The van der Waals surface area contributed by atoms with E-state index in [4.69, 9.17) is 0 Å². The molecule has 102 valence electrons. The molecule has 1 aromatic rings. The van der Waals surface area contributed by atoms with Gasteiger partial charge in [-0.3, -0.25) is 9.78 Å². The zero-order valence-electron chi connectivity index (χ0n) is 11.5. The summed E-state index contributed by atoms with van der Waals surface area (Å²) in [5.41, 5.74) is 1.04. The van der Waals surface area contributed by atoms with Gasteiger partial charge in [-0.1, -0.05) is 18.9 Å². The Morgan fingerprint density at radius 1 is 1.37 bits per heavy atom. The number of carbonyl (C=O) groups excluding carboxylic acids is 1. The zero-order valence-corrected chi connectivity index (χ0v) is 11.5. The van der Waals surface area contributed by atoms with E-state index in [-0.39, 0.29) is 11.9 Å². The molecule has 2 aliphatic rings. The van der Waals surface area contributed by atoms with Crippen molar-refractivity contribution in [1.82, 2.24) is 10.3 Å². The SMILES string of the molecule is CC(Cc1ccccn1)NC(=O)C1C2CCCCC21. The Morgan fingerprint density at radius 3 is 2.74 bits per heavy atom. The van der Waals surface area contributed by atoms with Gasteiger partial charge in [-0.05, 0) is 43.7 Å². The molecule has 2 saturated carbocycles. The fourth-order valence-electron chi connectivity index (χ4n) is 3.60. The molecule has 3 nitrogen and oxygen atoms in total. The lowest BCUT2D eigenvalue weighted by molar-refractivity contribution is -0.123. The minimum absolute atomic E-state index is 0.171. The van der Waals surface area contributed by atoms with Crippen molar-refractivity contribution in [1.29, 1.82) is 0 Å². The van der Waals surface area contributed by atoms with E-state index in [0.29, 0.717) is 17.8 Å². The Morgan fingerprint density at radius 2 is 2.11 bits per heavy atom. The molecule has 1 N–H and O–H groups in total.